The van der Waals surface area contributed by atoms with Gasteiger partial charge in [0.1, 0.15) is 0 Å². The van der Waals surface area contributed by atoms with Gasteiger partial charge in [0, 0.05) is 31.4 Å². The highest BCUT2D eigenvalue weighted by molar-refractivity contribution is 6.33. The Morgan fingerprint density at radius 1 is 1.30 bits per heavy atom. The van der Waals surface area contributed by atoms with Crippen LogP contribution < -0.4 is 4.90 Å². The van der Waals surface area contributed by atoms with E-state index in [1.807, 2.05) is 0 Å². The summed E-state index contributed by atoms with van der Waals surface area (Å²) in [6, 6.07) is 6.06. The van der Waals surface area contributed by atoms with E-state index < -0.39 is 11.8 Å². The molecule has 0 aliphatic heterocycles. The highest BCUT2D eigenvalue weighted by atomic mass is 35.5. The Morgan fingerprint density at radius 2 is 2.00 bits per heavy atom. The number of rotatable bonds is 3. The number of carboxylic acid groups (broad SMARTS) is 1. The first-order valence-electron chi connectivity index (χ1n) is 5.77. The second-order valence-electron chi connectivity index (χ2n) is 4.36. The molecule has 20 heavy (non-hydrogen) atoms. The summed E-state index contributed by atoms with van der Waals surface area (Å²) in [5.74, 6) is -1.78. The van der Waals surface area contributed by atoms with Gasteiger partial charge in [0.15, 0.2) is 11.5 Å². The molecule has 1 aromatic heterocycles. The average molecular weight is 295 g/mol. The molecule has 0 bridgehead atoms. The molecule has 0 aliphatic carbocycles. The van der Waals surface area contributed by atoms with Crippen molar-refractivity contribution < 1.29 is 14.3 Å². The van der Waals surface area contributed by atoms with Gasteiger partial charge in [-0.05, 0) is 18.2 Å². The fraction of sp³-hybridized carbons (Fsp3) is 0.143. The van der Waals surface area contributed by atoms with E-state index in [-0.39, 0.29) is 27.5 Å². The second kappa shape index (κ2) is 5.46. The minimum atomic E-state index is -1.21. The van der Waals surface area contributed by atoms with Crippen molar-refractivity contribution in [2.45, 2.75) is 0 Å². The van der Waals surface area contributed by atoms with Crippen LogP contribution in [0.1, 0.15) is 10.5 Å². The van der Waals surface area contributed by atoms with Crippen molar-refractivity contribution >= 4 is 23.3 Å². The Bertz CT molecular complexity index is 674. The molecule has 0 atom stereocenters. The molecule has 2 aromatic rings. The van der Waals surface area contributed by atoms with E-state index in [0.29, 0.717) is 0 Å². The molecule has 1 aromatic carbocycles. The monoisotopic (exact) mass is 294 g/mol. The summed E-state index contributed by atoms with van der Waals surface area (Å²) in [6.45, 7) is 0. The smallest absolute Gasteiger partial charge is 0.355 e. The van der Waals surface area contributed by atoms with E-state index in [4.69, 9.17) is 16.7 Å². The predicted octanol–water partition coefficient (Wildman–Crippen LogP) is 3.31. The number of benzene rings is 1. The molecular formula is C14H12ClFN2O2. The van der Waals surface area contributed by atoms with Crippen molar-refractivity contribution in [2.75, 3.05) is 19.0 Å². The molecule has 0 amide bonds. The van der Waals surface area contributed by atoms with Crippen LogP contribution in [0.3, 0.4) is 0 Å². The third-order valence-corrected chi connectivity index (χ3v) is 3.12. The van der Waals surface area contributed by atoms with E-state index in [2.05, 4.69) is 4.98 Å². The van der Waals surface area contributed by atoms with Crippen molar-refractivity contribution in [3.63, 3.8) is 0 Å². The van der Waals surface area contributed by atoms with Gasteiger partial charge >= 0.3 is 5.97 Å². The molecule has 0 saturated heterocycles. The summed E-state index contributed by atoms with van der Waals surface area (Å²) in [7, 11) is 3.32. The van der Waals surface area contributed by atoms with E-state index in [1.54, 1.807) is 20.2 Å². The number of aromatic nitrogens is 1. The number of hydrogen-bond donors (Lipinski definition) is 1. The minimum absolute atomic E-state index is 0.156. The van der Waals surface area contributed by atoms with Gasteiger partial charge in [-0.1, -0.05) is 17.7 Å². The lowest BCUT2D eigenvalue weighted by Crippen LogP contribution is -2.12. The molecule has 0 fully saturated rings. The van der Waals surface area contributed by atoms with Crippen LogP contribution in [0, 0.1) is 5.82 Å². The van der Waals surface area contributed by atoms with Crippen molar-refractivity contribution in [1.82, 2.24) is 4.98 Å². The highest BCUT2D eigenvalue weighted by Gasteiger charge is 2.20. The fourth-order valence-corrected chi connectivity index (χ4v) is 2.27. The lowest BCUT2D eigenvalue weighted by atomic mass is 10.0. The Morgan fingerprint density at radius 3 is 2.60 bits per heavy atom. The Kier molecular flexibility index (Phi) is 3.90. The maximum absolute atomic E-state index is 14.6. The van der Waals surface area contributed by atoms with Gasteiger partial charge in [-0.25, -0.2) is 14.2 Å². The van der Waals surface area contributed by atoms with Gasteiger partial charge in [0.2, 0.25) is 0 Å². The first-order chi connectivity index (χ1) is 9.43. The third kappa shape index (κ3) is 2.44. The van der Waals surface area contributed by atoms with Crippen LogP contribution in [0.4, 0.5) is 10.1 Å². The zero-order valence-electron chi connectivity index (χ0n) is 10.9. The highest BCUT2D eigenvalue weighted by Crippen LogP contribution is 2.35. The first kappa shape index (κ1) is 14.3. The third-order valence-electron chi connectivity index (χ3n) is 2.81. The SMILES string of the molecule is CN(C)c1c(Cl)ccc(-c2cccnc2C(=O)O)c1F. The molecule has 0 saturated carbocycles. The predicted molar refractivity (Wildman–Crippen MR) is 75.9 cm³/mol. The lowest BCUT2D eigenvalue weighted by molar-refractivity contribution is 0.0691. The zero-order valence-corrected chi connectivity index (χ0v) is 11.6. The minimum Gasteiger partial charge on any atom is -0.476 e. The Balaban J connectivity index is 2.72. The van der Waals surface area contributed by atoms with Crippen LogP contribution in [0.2, 0.25) is 5.02 Å². The summed E-state index contributed by atoms with van der Waals surface area (Å²) >= 11 is 5.97. The number of carboxylic acids is 1. The van der Waals surface area contributed by atoms with Crippen LogP contribution >= 0.6 is 11.6 Å². The molecule has 0 aliphatic rings. The largest absolute Gasteiger partial charge is 0.476 e. The van der Waals surface area contributed by atoms with Crippen LogP contribution in [0.25, 0.3) is 11.1 Å². The standard InChI is InChI=1S/C14H12ClFN2O2/c1-18(2)13-10(15)6-5-8(11(13)16)9-4-3-7-17-12(9)14(19)20/h3-7H,1-2H3,(H,19,20). The average Bonchev–Trinajstić information content (AvgIpc) is 2.38. The molecular weight excluding hydrogens is 283 g/mol. The maximum atomic E-state index is 14.6. The van der Waals surface area contributed by atoms with E-state index >= 15 is 0 Å². The number of pyridine rings is 1. The molecule has 2 rings (SSSR count). The summed E-state index contributed by atoms with van der Waals surface area (Å²) in [5.41, 5.74) is 0.392. The fourth-order valence-electron chi connectivity index (χ4n) is 1.95. The lowest BCUT2D eigenvalue weighted by Gasteiger charge is -2.18. The molecule has 6 heteroatoms. The summed E-state index contributed by atoms with van der Waals surface area (Å²) in [6.07, 6.45) is 1.35. The molecule has 4 nitrogen and oxygen atoms in total. The summed E-state index contributed by atoms with van der Waals surface area (Å²) in [5, 5.41) is 9.39. The van der Waals surface area contributed by atoms with Crippen molar-refractivity contribution in [3.05, 3.63) is 47.0 Å². The van der Waals surface area contributed by atoms with Crippen molar-refractivity contribution in [1.29, 1.82) is 0 Å². The molecule has 1 heterocycles. The van der Waals surface area contributed by atoms with E-state index in [9.17, 15) is 9.18 Å². The number of carbonyl (C=O) groups is 1. The van der Waals surface area contributed by atoms with Crippen molar-refractivity contribution in [2.24, 2.45) is 0 Å². The Labute approximate surface area is 120 Å². The van der Waals surface area contributed by atoms with Gasteiger partial charge < -0.3 is 10.0 Å². The van der Waals surface area contributed by atoms with Gasteiger partial charge in [0.05, 0.1) is 10.7 Å². The topological polar surface area (TPSA) is 53.4 Å². The molecule has 1 N–H and O–H groups in total. The molecule has 104 valence electrons. The molecule has 0 spiro atoms. The van der Waals surface area contributed by atoms with Crippen molar-refractivity contribution in [3.8, 4) is 11.1 Å². The van der Waals surface area contributed by atoms with Crippen LogP contribution in [-0.2, 0) is 0 Å². The normalized spacial score (nSPS) is 10.4. The maximum Gasteiger partial charge on any atom is 0.355 e. The van der Waals surface area contributed by atoms with Crippen LogP contribution in [0.15, 0.2) is 30.5 Å². The van der Waals surface area contributed by atoms with Crippen LogP contribution in [-0.4, -0.2) is 30.2 Å². The number of nitrogens with zero attached hydrogens (tertiary/aromatic N) is 2. The number of hydrogen-bond acceptors (Lipinski definition) is 3. The quantitative estimate of drug-likeness (QED) is 0.943. The number of anilines is 1. The first-order valence-corrected chi connectivity index (χ1v) is 6.15. The second-order valence-corrected chi connectivity index (χ2v) is 4.76. The number of aromatic carboxylic acids is 1. The van der Waals surface area contributed by atoms with Gasteiger partial charge in [-0.3, -0.25) is 0 Å². The summed E-state index contributed by atoms with van der Waals surface area (Å²) < 4.78 is 14.6. The van der Waals surface area contributed by atoms with Crippen LogP contribution in [0.5, 0.6) is 0 Å². The Hall–Kier alpha value is -2.14. The van der Waals surface area contributed by atoms with E-state index in [1.165, 1.54) is 29.3 Å². The van der Waals surface area contributed by atoms with E-state index in [0.717, 1.165) is 0 Å². The van der Waals surface area contributed by atoms with Gasteiger partial charge in [-0.15, -0.1) is 0 Å². The molecule has 0 radical (unpaired) electrons. The summed E-state index contributed by atoms with van der Waals surface area (Å²) in [4.78, 5) is 16.5. The van der Waals surface area contributed by atoms with Gasteiger partial charge in [0.25, 0.3) is 0 Å². The molecule has 0 unspecified atom stereocenters. The van der Waals surface area contributed by atoms with Gasteiger partial charge in [-0.2, -0.15) is 0 Å². The number of halogens is 2. The zero-order chi connectivity index (χ0) is 14.9.